The molecular formula is C16H19N3O3. The lowest BCUT2D eigenvalue weighted by Gasteiger charge is -2.04. The van der Waals surface area contributed by atoms with E-state index in [4.69, 9.17) is 10.4 Å². The predicted octanol–water partition coefficient (Wildman–Crippen LogP) is 1.21. The lowest BCUT2D eigenvalue weighted by Crippen LogP contribution is -2.27. The fourth-order valence-electron chi connectivity index (χ4n) is 1.72. The Bertz CT molecular complexity index is 562. The van der Waals surface area contributed by atoms with E-state index in [2.05, 4.69) is 10.6 Å². The summed E-state index contributed by atoms with van der Waals surface area (Å²) in [5, 5.41) is 22.9. The Labute approximate surface area is 129 Å². The second-order valence-corrected chi connectivity index (χ2v) is 4.61. The molecule has 6 heteroatoms. The van der Waals surface area contributed by atoms with Crippen molar-refractivity contribution in [2.75, 3.05) is 13.1 Å². The highest BCUT2D eigenvalue weighted by Gasteiger charge is 2.08. The third-order valence-electron chi connectivity index (χ3n) is 2.87. The number of aliphatic carboxylic acids is 1. The molecule has 0 fully saturated rings. The summed E-state index contributed by atoms with van der Waals surface area (Å²) in [5.74, 6) is -1.41. The first-order valence-corrected chi connectivity index (χ1v) is 7.01. The minimum atomic E-state index is -0.909. The van der Waals surface area contributed by atoms with Crippen LogP contribution in [0.3, 0.4) is 0 Å². The van der Waals surface area contributed by atoms with Crippen LogP contribution in [0.5, 0.6) is 0 Å². The van der Waals surface area contributed by atoms with Crippen LogP contribution < -0.4 is 10.6 Å². The van der Waals surface area contributed by atoms with Crippen molar-refractivity contribution in [1.82, 2.24) is 10.6 Å². The van der Waals surface area contributed by atoms with E-state index in [1.807, 2.05) is 36.4 Å². The van der Waals surface area contributed by atoms with Crippen molar-refractivity contribution in [3.63, 3.8) is 0 Å². The Morgan fingerprint density at radius 3 is 2.59 bits per heavy atom. The quantitative estimate of drug-likeness (QED) is 0.361. The highest BCUT2D eigenvalue weighted by Crippen LogP contribution is 1.98. The van der Waals surface area contributed by atoms with Crippen LogP contribution >= 0.6 is 0 Å². The molecule has 0 unspecified atom stereocenters. The molecule has 1 aromatic rings. The normalized spacial score (nSPS) is 10.6. The van der Waals surface area contributed by atoms with E-state index in [1.165, 1.54) is 11.8 Å². The molecular weight excluding hydrogens is 282 g/mol. The average Bonchev–Trinajstić information content (AvgIpc) is 2.52. The van der Waals surface area contributed by atoms with E-state index >= 15 is 0 Å². The van der Waals surface area contributed by atoms with Gasteiger partial charge in [-0.1, -0.05) is 30.3 Å². The molecule has 0 aliphatic carbocycles. The Balaban J connectivity index is 2.31. The van der Waals surface area contributed by atoms with Crippen LogP contribution in [-0.4, -0.2) is 30.1 Å². The molecule has 0 saturated carbocycles. The molecule has 0 heterocycles. The molecule has 0 saturated heterocycles. The van der Waals surface area contributed by atoms with Gasteiger partial charge in [0, 0.05) is 25.7 Å². The molecule has 0 radical (unpaired) electrons. The molecule has 0 bridgehead atoms. The van der Waals surface area contributed by atoms with E-state index in [0.29, 0.717) is 13.0 Å². The van der Waals surface area contributed by atoms with E-state index in [9.17, 15) is 9.59 Å². The smallest absolute Gasteiger partial charge is 0.303 e. The summed E-state index contributed by atoms with van der Waals surface area (Å²) in [4.78, 5) is 22.0. The van der Waals surface area contributed by atoms with Crippen LogP contribution in [0.25, 0.3) is 0 Å². The van der Waals surface area contributed by atoms with Gasteiger partial charge in [-0.2, -0.15) is 5.26 Å². The van der Waals surface area contributed by atoms with Gasteiger partial charge in [-0.3, -0.25) is 9.59 Å². The number of amides is 1. The molecule has 116 valence electrons. The number of nitrogens with zero attached hydrogens (tertiary/aromatic N) is 1. The van der Waals surface area contributed by atoms with Crippen molar-refractivity contribution in [3.8, 4) is 6.07 Å². The molecule has 1 amide bonds. The summed E-state index contributed by atoms with van der Waals surface area (Å²) in [6, 6.07) is 11.7. The molecule has 0 spiro atoms. The van der Waals surface area contributed by atoms with E-state index in [-0.39, 0.29) is 18.5 Å². The first-order valence-electron chi connectivity index (χ1n) is 7.01. The molecule has 0 aromatic heterocycles. The molecule has 1 aromatic carbocycles. The van der Waals surface area contributed by atoms with E-state index in [0.717, 1.165) is 6.42 Å². The number of benzene rings is 1. The summed E-state index contributed by atoms with van der Waals surface area (Å²) in [7, 11) is 0. The monoisotopic (exact) mass is 301 g/mol. The third-order valence-corrected chi connectivity index (χ3v) is 2.87. The van der Waals surface area contributed by atoms with Crippen LogP contribution in [0.4, 0.5) is 0 Å². The summed E-state index contributed by atoms with van der Waals surface area (Å²) in [5.41, 5.74) is 1.14. The zero-order valence-electron chi connectivity index (χ0n) is 12.2. The second kappa shape index (κ2) is 10.00. The zero-order chi connectivity index (χ0) is 16.2. The molecule has 0 aliphatic heterocycles. The Kier molecular flexibility index (Phi) is 7.83. The zero-order valence-corrected chi connectivity index (χ0v) is 12.2. The fourth-order valence-corrected chi connectivity index (χ4v) is 1.72. The topological polar surface area (TPSA) is 102 Å². The van der Waals surface area contributed by atoms with Gasteiger partial charge in [0.05, 0.1) is 0 Å². The lowest BCUT2D eigenvalue weighted by atomic mass is 10.1. The molecule has 0 aliphatic rings. The number of carboxylic acids is 1. The summed E-state index contributed by atoms with van der Waals surface area (Å²) >= 11 is 0. The summed E-state index contributed by atoms with van der Waals surface area (Å²) in [6.45, 7) is 0.843. The SMILES string of the molecule is N#C/C(=C/NCCc1ccccc1)C(=O)NCCCC(=O)O. The molecule has 22 heavy (non-hydrogen) atoms. The van der Waals surface area contributed by atoms with Crippen molar-refractivity contribution in [2.24, 2.45) is 0 Å². The molecule has 3 N–H and O–H groups in total. The van der Waals surface area contributed by atoms with Crippen molar-refractivity contribution in [1.29, 1.82) is 5.26 Å². The van der Waals surface area contributed by atoms with E-state index in [1.54, 1.807) is 0 Å². The number of carboxylic acid groups (broad SMARTS) is 1. The number of nitriles is 1. The van der Waals surface area contributed by atoms with Crippen molar-refractivity contribution in [2.45, 2.75) is 19.3 Å². The molecule has 1 rings (SSSR count). The number of nitrogens with one attached hydrogen (secondary N) is 2. The average molecular weight is 301 g/mol. The maximum Gasteiger partial charge on any atom is 0.303 e. The van der Waals surface area contributed by atoms with Crippen LogP contribution in [0, 0.1) is 11.3 Å². The van der Waals surface area contributed by atoms with Crippen LogP contribution in [0.2, 0.25) is 0 Å². The van der Waals surface area contributed by atoms with Gasteiger partial charge in [-0.05, 0) is 18.4 Å². The standard InChI is InChI=1S/C16H19N3O3/c17-11-14(16(22)19-9-4-7-15(20)21)12-18-10-8-13-5-2-1-3-6-13/h1-3,5-6,12,18H,4,7-10H2,(H,19,22)(H,20,21)/b14-12-. The second-order valence-electron chi connectivity index (χ2n) is 4.61. The molecule has 0 atom stereocenters. The number of carbonyl (C=O) groups excluding carboxylic acids is 1. The first kappa shape index (κ1) is 17.2. The summed E-state index contributed by atoms with van der Waals surface area (Å²) < 4.78 is 0. The predicted molar refractivity (Wildman–Crippen MR) is 81.7 cm³/mol. The maximum atomic E-state index is 11.7. The van der Waals surface area contributed by atoms with Gasteiger partial charge in [0.15, 0.2) is 0 Å². The van der Waals surface area contributed by atoms with Crippen molar-refractivity contribution < 1.29 is 14.7 Å². The Morgan fingerprint density at radius 2 is 1.95 bits per heavy atom. The van der Waals surface area contributed by atoms with Crippen LogP contribution in [0.1, 0.15) is 18.4 Å². The summed E-state index contributed by atoms with van der Waals surface area (Å²) in [6.07, 6.45) is 2.49. The Morgan fingerprint density at radius 1 is 1.23 bits per heavy atom. The van der Waals surface area contributed by atoms with Crippen LogP contribution in [-0.2, 0) is 16.0 Å². The maximum absolute atomic E-state index is 11.7. The fraction of sp³-hybridized carbons (Fsp3) is 0.312. The molecule has 6 nitrogen and oxygen atoms in total. The number of rotatable bonds is 9. The number of hydrogen-bond donors (Lipinski definition) is 3. The van der Waals surface area contributed by atoms with Gasteiger partial charge in [0.1, 0.15) is 11.6 Å². The van der Waals surface area contributed by atoms with Gasteiger partial charge < -0.3 is 15.7 Å². The largest absolute Gasteiger partial charge is 0.481 e. The van der Waals surface area contributed by atoms with E-state index < -0.39 is 11.9 Å². The lowest BCUT2D eigenvalue weighted by molar-refractivity contribution is -0.137. The van der Waals surface area contributed by atoms with Gasteiger partial charge in [0.2, 0.25) is 0 Å². The third kappa shape index (κ3) is 7.10. The van der Waals surface area contributed by atoms with Gasteiger partial charge in [-0.25, -0.2) is 0 Å². The highest BCUT2D eigenvalue weighted by molar-refractivity contribution is 5.97. The number of hydrogen-bond acceptors (Lipinski definition) is 4. The van der Waals surface area contributed by atoms with Gasteiger partial charge in [0.25, 0.3) is 5.91 Å². The highest BCUT2D eigenvalue weighted by atomic mass is 16.4. The van der Waals surface area contributed by atoms with Gasteiger partial charge in [-0.15, -0.1) is 0 Å². The first-order chi connectivity index (χ1) is 10.6. The van der Waals surface area contributed by atoms with Crippen molar-refractivity contribution >= 4 is 11.9 Å². The minimum absolute atomic E-state index is 0.0127. The minimum Gasteiger partial charge on any atom is -0.481 e. The van der Waals surface area contributed by atoms with Crippen molar-refractivity contribution in [3.05, 3.63) is 47.7 Å². The van der Waals surface area contributed by atoms with Crippen LogP contribution in [0.15, 0.2) is 42.1 Å². The van der Waals surface area contributed by atoms with Gasteiger partial charge >= 0.3 is 5.97 Å². The Hall–Kier alpha value is -2.81. The number of carbonyl (C=O) groups is 2.